The molecule has 0 amide bonds. The van der Waals surface area contributed by atoms with Crippen molar-refractivity contribution in [1.82, 2.24) is 29.5 Å². The van der Waals surface area contributed by atoms with Crippen LogP contribution in [0.2, 0.25) is 0 Å². The van der Waals surface area contributed by atoms with Gasteiger partial charge < -0.3 is 19.6 Å². The Morgan fingerprint density at radius 2 is 1.77 bits per heavy atom. The Hall–Kier alpha value is -3.90. The van der Waals surface area contributed by atoms with E-state index in [4.69, 9.17) is 9.47 Å². The molecule has 1 saturated heterocycles. The van der Waals surface area contributed by atoms with E-state index in [1.165, 1.54) is 22.8 Å². The average Bonchev–Trinajstić information content (AvgIpc) is 3.48. The molecule has 0 N–H and O–H groups in total. The molecule has 0 bridgehead atoms. The van der Waals surface area contributed by atoms with Crippen LogP contribution >= 0.6 is 0 Å². The van der Waals surface area contributed by atoms with Gasteiger partial charge in [0.25, 0.3) is 0 Å². The van der Waals surface area contributed by atoms with Crippen molar-refractivity contribution >= 4 is 11.6 Å². The number of piperazine rings is 1. The molecule has 0 saturated carbocycles. The summed E-state index contributed by atoms with van der Waals surface area (Å²) in [5, 5.41) is 16.2. The number of benzene rings is 1. The fourth-order valence-electron chi connectivity index (χ4n) is 4.80. The Bertz CT molecular complexity index is 1320. The van der Waals surface area contributed by atoms with Gasteiger partial charge in [-0.05, 0) is 24.1 Å². The summed E-state index contributed by atoms with van der Waals surface area (Å²) in [7, 11) is 0. The van der Waals surface area contributed by atoms with Gasteiger partial charge in [-0.25, -0.2) is 9.97 Å². The molecule has 2 aliphatic heterocycles. The first kappa shape index (κ1) is 21.6. The fourth-order valence-corrected chi connectivity index (χ4v) is 4.80. The molecular weight excluding hydrogens is 454 g/mol. The van der Waals surface area contributed by atoms with Crippen molar-refractivity contribution in [2.75, 3.05) is 39.5 Å². The maximum atomic E-state index is 12.9. The summed E-state index contributed by atoms with van der Waals surface area (Å²) >= 11 is 0. The number of ether oxygens (including phenoxy) is 2. The predicted octanol–water partition coefficient (Wildman–Crippen LogP) is 0.0185. The highest BCUT2D eigenvalue weighted by Crippen LogP contribution is 2.33. The highest BCUT2D eigenvalue weighted by molar-refractivity contribution is 6.25. The molecule has 0 atom stereocenters. The molecule has 6 rings (SSSR count). The van der Waals surface area contributed by atoms with Crippen LogP contribution < -0.4 is 14.4 Å². The van der Waals surface area contributed by atoms with Crippen LogP contribution in [0.4, 0.5) is 0 Å². The quantitative estimate of drug-likeness (QED) is 0.277. The molecular formula is C23H23N7O5. The average molecular weight is 477 g/mol. The van der Waals surface area contributed by atoms with Gasteiger partial charge in [0.2, 0.25) is 24.1 Å². The minimum absolute atomic E-state index is 0.0126. The Kier molecular flexibility index (Phi) is 5.38. The number of carbonyl (C=O) groups excluding carboxylic acids is 2. The molecule has 35 heavy (non-hydrogen) atoms. The van der Waals surface area contributed by atoms with Crippen LogP contribution in [-0.2, 0) is 13.1 Å². The molecule has 12 nitrogen and oxygen atoms in total. The van der Waals surface area contributed by atoms with E-state index in [0.717, 1.165) is 50.8 Å². The third-order valence-corrected chi connectivity index (χ3v) is 6.63. The molecule has 180 valence electrons. The monoisotopic (exact) mass is 477 g/mol. The van der Waals surface area contributed by atoms with Crippen molar-refractivity contribution in [3.63, 3.8) is 0 Å². The van der Waals surface area contributed by atoms with Crippen molar-refractivity contribution in [1.29, 1.82) is 0 Å². The second-order valence-electron chi connectivity index (χ2n) is 8.78. The second kappa shape index (κ2) is 8.71. The van der Waals surface area contributed by atoms with E-state index in [1.54, 1.807) is 0 Å². The Balaban J connectivity index is 1.04. The summed E-state index contributed by atoms with van der Waals surface area (Å²) in [4.78, 5) is 38.4. The van der Waals surface area contributed by atoms with E-state index < -0.39 is 11.6 Å². The Morgan fingerprint density at radius 1 is 0.971 bits per heavy atom. The topological polar surface area (TPSA) is 130 Å². The van der Waals surface area contributed by atoms with E-state index in [2.05, 4.69) is 30.9 Å². The van der Waals surface area contributed by atoms with Gasteiger partial charge in [0.15, 0.2) is 17.2 Å². The number of fused-ring (bicyclic) bond motifs is 3. The van der Waals surface area contributed by atoms with Gasteiger partial charge in [0, 0.05) is 55.5 Å². The van der Waals surface area contributed by atoms with Crippen LogP contribution in [0.1, 0.15) is 44.2 Å². The largest absolute Gasteiger partial charge is 0.571 e. The number of carbonyl (C=O) groups is 2. The Morgan fingerprint density at radius 3 is 2.63 bits per heavy atom. The van der Waals surface area contributed by atoms with Crippen LogP contribution in [0.5, 0.6) is 11.5 Å². The van der Waals surface area contributed by atoms with Gasteiger partial charge in [-0.2, -0.15) is 0 Å². The van der Waals surface area contributed by atoms with Crippen LogP contribution in [-0.4, -0.2) is 80.6 Å². The van der Waals surface area contributed by atoms with Crippen LogP contribution in [0, 0.1) is 5.21 Å². The third kappa shape index (κ3) is 3.90. The van der Waals surface area contributed by atoms with Crippen molar-refractivity contribution in [2.24, 2.45) is 0 Å². The van der Waals surface area contributed by atoms with E-state index in [9.17, 15) is 14.8 Å². The van der Waals surface area contributed by atoms with Gasteiger partial charge in [-0.3, -0.25) is 14.5 Å². The molecule has 2 aromatic heterocycles. The first-order valence-corrected chi connectivity index (χ1v) is 11.5. The molecule has 1 fully saturated rings. The lowest BCUT2D eigenvalue weighted by atomic mass is 9.95. The number of aromatic nitrogens is 5. The first-order valence-electron chi connectivity index (χ1n) is 11.5. The van der Waals surface area contributed by atoms with Crippen LogP contribution in [0.3, 0.4) is 0 Å². The van der Waals surface area contributed by atoms with Crippen LogP contribution in [0.25, 0.3) is 0 Å². The molecule has 0 spiro atoms. The highest BCUT2D eigenvalue weighted by Gasteiger charge is 2.40. The summed E-state index contributed by atoms with van der Waals surface area (Å²) in [6.07, 6.45) is 3.15. The van der Waals surface area contributed by atoms with Crippen molar-refractivity contribution < 1.29 is 24.0 Å². The third-order valence-electron chi connectivity index (χ3n) is 6.63. The molecule has 12 heteroatoms. The van der Waals surface area contributed by atoms with Gasteiger partial charge in [0.1, 0.15) is 12.0 Å². The fraction of sp³-hybridized carbons (Fsp3) is 0.391. The standard InChI is InChI=1S/C23H23N7O5/c31-22-16-11-24-13-25-19(16)23(32)20-21(22)29(30(33)26-20)5-1-4-27-6-8-28(9-7-27)12-15-2-3-17-18(10-15)35-14-34-17/h2-3,10-11,13H,1,4-9,12,14H2. The van der Waals surface area contributed by atoms with Crippen molar-refractivity contribution in [2.45, 2.75) is 19.5 Å². The lowest BCUT2D eigenvalue weighted by Gasteiger charge is -2.34. The SMILES string of the molecule is O=C1c2ncncc2C(=O)c2c1n[n+]([O-])n2CCCN1CCN(Cc2ccc3c(c2)OCO3)CC1. The molecule has 4 heterocycles. The van der Waals surface area contributed by atoms with Gasteiger partial charge >= 0.3 is 0 Å². The van der Waals surface area contributed by atoms with Gasteiger partial charge in [0.05, 0.1) is 12.1 Å². The summed E-state index contributed by atoms with van der Waals surface area (Å²) in [5.74, 6) is 0.615. The van der Waals surface area contributed by atoms with E-state index >= 15 is 0 Å². The zero-order valence-corrected chi connectivity index (χ0v) is 18.9. The second-order valence-corrected chi connectivity index (χ2v) is 8.78. The molecule has 1 aromatic carbocycles. The summed E-state index contributed by atoms with van der Waals surface area (Å²) in [6, 6.07) is 6.06. The maximum absolute atomic E-state index is 12.9. The number of nitrogens with zero attached hydrogens (tertiary/aromatic N) is 7. The van der Waals surface area contributed by atoms with Crippen molar-refractivity contribution in [3.8, 4) is 11.5 Å². The zero-order valence-electron chi connectivity index (χ0n) is 18.9. The summed E-state index contributed by atoms with van der Waals surface area (Å²) in [5.41, 5.74) is 1.15. The van der Waals surface area contributed by atoms with E-state index in [-0.39, 0.29) is 36.0 Å². The smallest absolute Gasteiger partial charge is 0.239 e. The number of hydrogen-bond donors (Lipinski definition) is 0. The molecule has 0 radical (unpaired) electrons. The number of hydrogen-bond acceptors (Lipinski definition) is 10. The Labute approximate surface area is 200 Å². The predicted molar refractivity (Wildman–Crippen MR) is 119 cm³/mol. The van der Waals surface area contributed by atoms with Crippen molar-refractivity contribution in [3.05, 3.63) is 64.1 Å². The summed E-state index contributed by atoms with van der Waals surface area (Å²) in [6.45, 7) is 5.86. The first-order chi connectivity index (χ1) is 17.1. The van der Waals surface area contributed by atoms with E-state index in [1.807, 2.05) is 12.1 Å². The molecule has 0 unspecified atom stereocenters. The number of rotatable bonds is 6. The highest BCUT2D eigenvalue weighted by atomic mass is 16.7. The molecule has 3 aromatic rings. The maximum Gasteiger partial charge on any atom is 0.239 e. The minimum Gasteiger partial charge on any atom is -0.571 e. The summed E-state index contributed by atoms with van der Waals surface area (Å²) < 4.78 is 12.1. The zero-order chi connectivity index (χ0) is 23.9. The normalized spacial score (nSPS) is 17.5. The lowest BCUT2D eigenvalue weighted by molar-refractivity contribution is -0.749. The van der Waals surface area contributed by atoms with Gasteiger partial charge in [-0.1, -0.05) is 6.07 Å². The lowest BCUT2D eigenvalue weighted by Crippen LogP contribution is -2.46. The molecule has 1 aliphatic carbocycles. The number of ketones is 2. The van der Waals surface area contributed by atoms with Crippen LogP contribution in [0.15, 0.2) is 30.7 Å². The van der Waals surface area contributed by atoms with Gasteiger partial charge in [-0.15, -0.1) is 4.68 Å². The molecule has 3 aliphatic rings. The minimum atomic E-state index is -0.529. The van der Waals surface area contributed by atoms with E-state index in [0.29, 0.717) is 11.4 Å².